The number of nitrogens with one attached hydrogen (secondary N) is 4. The summed E-state index contributed by atoms with van der Waals surface area (Å²) in [5.41, 5.74) is 5.69. The molecule has 0 spiro atoms. The second kappa shape index (κ2) is 10.9. The van der Waals surface area contributed by atoms with Gasteiger partial charge in [0.2, 0.25) is 12.4 Å². The Kier molecular flexibility index (Phi) is 7.70. The summed E-state index contributed by atoms with van der Waals surface area (Å²) in [6.07, 6.45) is -0.173. The highest BCUT2D eigenvalue weighted by atomic mass is 16.4. The Hall–Kier alpha value is -4.82. The predicted octanol–water partition coefficient (Wildman–Crippen LogP) is -0.523. The molecule has 2 aromatic rings. The number of aromatic amines is 1. The zero-order valence-electron chi connectivity index (χ0n) is 18.2. The van der Waals surface area contributed by atoms with Crippen LogP contribution in [0.5, 0.6) is 0 Å². The fourth-order valence-electron chi connectivity index (χ4n) is 3.47. The molecule has 0 saturated heterocycles. The van der Waals surface area contributed by atoms with Gasteiger partial charge in [-0.05, 0) is 30.7 Å². The quantitative estimate of drug-likeness (QED) is 0.185. The van der Waals surface area contributed by atoms with E-state index in [1.165, 1.54) is 17.0 Å². The summed E-state index contributed by atoms with van der Waals surface area (Å²) in [5, 5.41) is 19.4. The number of nitroso groups, excluding NO2 is 1. The smallest absolute Gasteiger partial charge is 0.308 e. The molecule has 0 saturated carbocycles. The number of benzene rings is 1. The monoisotopic (exact) mass is 486 g/mol. The average Bonchev–Trinajstić information content (AvgIpc) is 2.84. The molecule has 1 aromatic heterocycles. The molecule has 1 aliphatic rings. The highest BCUT2D eigenvalue weighted by molar-refractivity contribution is 5.98. The van der Waals surface area contributed by atoms with Crippen molar-refractivity contribution in [2.45, 2.75) is 24.9 Å². The molecule has 15 nitrogen and oxygen atoms in total. The average molecular weight is 486 g/mol. The van der Waals surface area contributed by atoms with Crippen LogP contribution in [0.1, 0.15) is 23.2 Å². The number of aliphatic carboxylic acids is 1. The van der Waals surface area contributed by atoms with E-state index < -0.39 is 41.8 Å². The second-order valence-electron chi connectivity index (χ2n) is 7.54. The lowest BCUT2D eigenvalue weighted by Crippen LogP contribution is -2.50. The van der Waals surface area contributed by atoms with Crippen LogP contribution in [0.4, 0.5) is 23.1 Å². The Labute approximate surface area is 197 Å². The first-order valence-corrected chi connectivity index (χ1v) is 10.3. The minimum atomic E-state index is -1.35. The SMILES string of the molecule is Nc1nc(=O)c2c([nH]1)NCC(CNc1ccc(C(=O)NC(CCC(=O)O)C(=O)N=O)cc1)N2C=O. The van der Waals surface area contributed by atoms with Crippen LogP contribution in [0.3, 0.4) is 0 Å². The number of H-pyrrole nitrogens is 1. The molecule has 2 heterocycles. The number of nitrogens with two attached hydrogens (primary N) is 1. The molecule has 2 unspecified atom stereocenters. The topological polar surface area (TPSA) is 229 Å². The molecular formula is C20H22N8O7. The first kappa shape index (κ1) is 24.8. The van der Waals surface area contributed by atoms with Crippen molar-refractivity contribution in [3.05, 3.63) is 45.1 Å². The van der Waals surface area contributed by atoms with Gasteiger partial charge >= 0.3 is 17.4 Å². The maximum Gasteiger partial charge on any atom is 0.308 e. The molecule has 184 valence electrons. The van der Waals surface area contributed by atoms with Gasteiger partial charge in [0.05, 0.1) is 6.04 Å². The number of carbonyl (C=O) groups excluding carboxylic acids is 3. The molecule has 35 heavy (non-hydrogen) atoms. The number of anilines is 4. The predicted molar refractivity (Wildman–Crippen MR) is 124 cm³/mol. The third kappa shape index (κ3) is 5.95. The molecule has 3 amide bonds. The van der Waals surface area contributed by atoms with Gasteiger partial charge in [0.1, 0.15) is 11.9 Å². The third-order valence-electron chi connectivity index (χ3n) is 5.22. The molecule has 1 aliphatic heterocycles. The van der Waals surface area contributed by atoms with Gasteiger partial charge in [-0.15, -0.1) is 4.91 Å². The van der Waals surface area contributed by atoms with Crippen molar-refractivity contribution >= 4 is 47.3 Å². The number of carboxylic acids is 1. The Balaban J connectivity index is 1.63. The molecule has 0 radical (unpaired) electrons. The van der Waals surface area contributed by atoms with Gasteiger partial charge in [-0.3, -0.25) is 24.0 Å². The summed E-state index contributed by atoms with van der Waals surface area (Å²) >= 11 is 0. The van der Waals surface area contributed by atoms with Crippen molar-refractivity contribution in [3.8, 4) is 0 Å². The number of fused-ring (bicyclic) bond motifs is 1. The summed E-state index contributed by atoms with van der Waals surface area (Å²) in [4.78, 5) is 76.7. The maximum atomic E-state index is 12.4. The Morgan fingerprint density at radius 1 is 1.31 bits per heavy atom. The molecule has 0 bridgehead atoms. The molecule has 7 N–H and O–H groups in total. The number of aromatic nitrogens is 2. The lowest BCUT2D eigenvalue weighted by molar-refractivity contribution is -0.137. The standard InChI is InChI=1S/C20H22N8O7/c21-20-25-16-15(19(34)26-20)28(9-29)12(8-23-16)7-22-11-3-1-10(2-4-11)17(32)24-13(18(33)27-35)5-6-14(30)31/h1-4,9,12-13,22H,5-8H2,(H,24,32)(H,30,31)(H4,21,23,25,26,34). The zero-order valence-corrected chi connectivity index (χ0v) is 18.2. The normalized spacial score (nSPS) is 15.2. The van der Waals surface area contributed by atoms with Gasteiger partial charge in [-0.25, -0.2) is 0 Å². The first-order valence-electron chi connectivity index (χ1n) is 10.3. The third-order valence-corrected chi connectivity index (χ3v) is 5.22. The molecular weight excluding hydrogens is 464 g/mol. The number of rotatable bonds is 10. The van der Waals surface area contributed by atoms with E-state index in [-0.39, 0.29) is 30.2 Å². The minimum Gasteiger partial charge on any atom is -0.481 e. The van der Waals surface area contributed by atoms with Gasteiger partial charge in [0.15, 0.2) is 5.69 Å². The Morgan fingerprint density at radius 3 is 2.66 bits per heavy atom. The van der Waals surface area contributed by atoms with E-state index in [0.29, 0.717) is 24.5 Å². The number of hydrogen-bond donors (Lipinski definition) is 6. The van der Waals surface area contributed by atoms with Crippen LogP contribution in [0.15, 0.2) is 34.2 Å². The van der Waals surface area contributed by atoms with Crippen LogP contribution in [0.2, 0.25) is 0 Å². The Bertz CT molecular complexity index is 1200. The van der Waals surface area contributed by atoms with Crippen LogP contribution in [-0.4, -0.2) is 64.4 Å². The highest BCUT2D eigenvalue weighted by Crippen LogP contribution is 2.25. The van der Waals surface area contributed by atoms with E-state index in [1.807, 2.05) is 0 Å². The molecule has 15 heteroatoms. The van der Waals surface area contributed by atoms with Crippen LogP contribution < -0.4 is 32.1 Å². The minimum absolute atomic E-state index is 0.0519. The number of carboxylic acid groups (broad SMARTS) is 1. The van der Waals surface area contributed by atoms with Crippen molar-refractivity contribution in [3.63, 3.8) is 0 Å². The highest BCUT2D eigenvalue weighted by Gasteiger charge is 2.29. The van der Waals surface area contributed by atoms with E-state index >= 15 is 0 Å². The van der Waals surface area contributed by atoms with Gasteiger partial charge in [-0.2, -0.15) is 4.98 Å². The van der Waals surface area contributed by atoms with Gasteiger partial charge in [0, 0.05) is 35.9 Å². The fourth-order valence-corrected chi connectivity index (χ4v) is 3.47. The van der Waals surface area contributed by atoms with Crippen molar-refractivity contribution in [1.82, 2.24) is 15.3 Å². The number of nitrogens with zero attached hydrogens (tertiary/aromatic N) is 3. The van der Waals surface area contributed by atoms with Crippen molar-refractivity contribution < 1.29 is 24.3 Å². The number of amides is 3. The molecule has 2 atom stereocenters. The van der Waals surface area contributed by atoms with Crippen LogP contribution in [0, 0.1) is 4.91 Å². The largest absolute Gasteiger partial charge is 0.481 e. The van der Waals surface area contributed by atoms with Crippen molar-refractivity contribution in [1.29, 1.82) is 0 Å². The molecule has 0 aliphatic carbocycles. The van der Waals surface area contributed by atoms with Crippen molar-refractivity contribution in [2.24, 2.45) is 5.18 Å². The summed E-state index contributed by atoms with van der Waals surface area (Å²) in [6.45, 7) is 0.562. The molecule has 0 fully saturated rings. The first-order chi connectivity index (χ1) is 16.7. The van der Waals surface area contributed by atoms with E-state index in [4.69, 9.17) is 10.8 Å². The van der Waals surface area contributed by atoms with E-state index in [9.17, 15) is 28.9 Å². The summed E-state index contributed by atoms with van der Waals surface area (Å²) in [7, 11) is 0. The fraction of sp³-hybridized carbons (Fsp3) is 0.300. The Morgan fingerprint density at radius 2 is 2.03 bits per heavy atom. The van der Waals surface area contributed by atoms with E-state index in [0.717, 1.165) is 0 Å². The molecule has 3 rings (SSSR count). The lowest BCUT2D eigenvalue weighted by atomic mass is 10.1. The number of nitrogen functional groups attached to an aromatic ring is 1. The second-order valence-corrected chi connectivity index (χ2v) is 7.54. The molecule has 1 aromatic carbocycles. The zero-order chi connectivity index (χ0) is 25.5. The number of carbonyl (C=O) groups is 4. The van der Waals surface area contributed by atoms with E-state index in [1.54, 1.807) is 12.1 Å². The number of hydrogen-bond acceptors (Lipinski definition) is 10. The van der Waals surface area contributed by atoms with Crippen LogP contribution in [-0.2, 0) is 14.4 Å². The van der Waals surface area contributed by atoms with Crippen LogP contribution in [0.25, 0.3) is 0 Å². The van der Waals surface area contributed by atoms with Gasteiger partial charge in [0.25, 0.3) is 5.91 Å². The summed E-state index contributed by atoms with van der Waals surface area (Å²) in [5.74, 6) is -2.82. The maximum absolute atomic E-state index is 12.4. The van der Waals surface area contributed by atoms with Gasteiger partial charge < -0.3 is 36.7 Å². The van der Waals surface area contributed by atoms with Crippen LogP contribution >= 0.6 is 0 Å². The van der Waals surface area contributed by atoms with E-state index in [2.05, 4.69) is 31.1 Å². The van der Waals surface area contributed by atoms with Crippen molar-refractivity contribution in [2.75, 3.05) is 34.4 Å². The lowest BCUT2D eigenvalue weighted by Gasteiger charge is -2.34. The summed E-state index contributed by atoms with van der Waals surface area (Å²) < 4.78 is 0. The van der Waals surface area contributed by atoms with Gasteiger partial charge in [-0.1, -0.05) is 0 Å². The summed E-state index contributed by atoms with van der Waals surface area (Å²) in [6, 6.07) is 4.27.